The fourth-order valence-electron chi connectivity index (χ4n) is 2.62. The third-order valence-electron chi connectivity index (χ3n) is 4.51. The number of carbonyl (C=O) groups is 1. The Morgan fingerprint density at radius 3 is 2.73 bits per heavy atom. The van der Waals surface area contributed by atoms with E-state index in [2.05, 4.69) is 29.4 Å². The van der Waals surface area contributed by atoms with Gasteiger partial charge in [-0.1, -0.05) is 23.1 Å². The number of nitrogens with one attached hydrogen (secondary N) is 1. The normalized spacial score (nSPS) is 10.9. The summed E-state index contributed by atoms with van der Waals surface area (Å²) in [7, 11) is 0. The molecule has 0 fully saturated rings. The van der Waals surface area contributed by atoms with Gasteiger partial charge in [-0.15, -0.1) is 10.2 Å². The van der Waals surface area contributed by atoms with Gasteiger partial charge in [0.25, 0.3) is 0 Å². The standard InChI is InChI=1S/C19H21N3O2S2/c1-11-8-16(14(4)13(3)12(11)2)17(23)10-25-19-22-21-18(26-19)20-9-15-6-5-7-24-15/h5-8H,9-10H2,1-4H3,(H,20,21). The Labute approximate surface area is 161 Å². The van der Waals surface area contributed by atoms with E-state index in [0.717, 1.165) is 31.9 Å². The molecule has 1 aromatic carbocycles. The highest BCUT2D eigenvalue weighted by atomic mass is 32.2. The van der Waals surface area contributed by atoms with Crippen LogP contribution in [-0.2, 0) is 6.54 Å². The molecule has 0 aliphatic rings. The highest BCUT2D eigenvalue weighted by molar-refractivity contribution is 8.01. The van der Waals surface area contributed by atoms with Gasteiger partial charge in [0.05, 0.1) is 18.6 Å². The van der Waals surface area contributed by atoms with E-state index in [1.807, 2.05) is 32.0 Å². The lowest BCUT2D eigenvalue weighted by Crippen LogP contribution is -2.08. The van der Waals surface area contributed by atoms with Crippen molar-refractivity contribution in [2.75, 3.05) is 11.1 Å². The predicted molar refractivity (Wildman–Crippen MR) is 106 cm³/mol. The van der Waals surface area contributed by atoms with Crippen LogP contribution in [0.25, 0.3) is 0 Å². The van der Waals surface area contributed by atoms with Crippen molar-refractivity contribution < 1.29 is 9.21 Å². The lowest BCUT2D eigenvalue weighted by molar-refractivity contribution is 0.102. The van der Waals surface area contributed by atoms with Crippen molar-refractivity contribution in [1.82, 2.24) is 10.2 Å². The molecule has 0 unspecified atom stereocenters. The van der Waals surface area contributed by atoms with Crippen LogP contribution in [0.1, 0.15) is 38.4 Å². The van der Waals surface area contributed by atoms with Gasteiger partial charge in [0.1, 0.15) is 5.76 Å². The van der Waals surface area contributed by atoms with Crippen LogP contribution in [0.4, 0.5) is 5.13 Å². The summed E-state index contributed by atoms with van der Waals surface area (Å²) in [4.78, 5) is 12.7. The zero-order valence-corrected chi connectivity index (χ0v) is 16.9. The number of benzene rings is 1. The molecule has 5 nitrogen and oxygen atoms in total. The fourth-order valence-corrected chi connectivity index (χ4v) is 4.25. The van der Waals surface area contributed by atoms with Crippen molar-refractivity contribution in [2.24, 2.45) is 0 Å². The maximum absolute atomic E-state index is 12.7. The second-order valence-corrected chi connectivity index (χ2v) is 8.33. The van der Waals surface area contributed by atoms with E-state index in [9.17, 15) is 4.79 Å². The number of rotatable bonds is 7. The minimum absolute atomic E-state index is 0.124. The summed E-state index contributed by atoms with van der Waals surface area (Å²) < 4.78 is 6.05. The van der Waals surface area contributed by atoms with Crippen molar-refractivity contribution in [2.45, 2.75) is 38.6 Å². The van der Waals surface area contributed by atoms with Crippen molar-refractivity contribution in [3.8, 4) is 0 Å². The summed E-state index contributed by atoms with van der Waals surface area (Å²) in [5.74, 6) is 1.32. The number of Topliss-reactive ketones (excluding diaryl/α,β-unsaturated/α-hetero) is 1. The SMILES string of the molecule is Cc1cc(C(=O)CSc2nnc(NCc3ccco3)s2)c(C)c(C)c1C. The van der Waals surface area contributed by atoms with Gasteiger partial charge in [0.15, 0.2) is 10.1 Å². The Morgan fingerprint density at radius 1 is 1.19 bits per heavy atom. The molecule has 7 heteroatoms. The second-order valence-electron chi connectivity index (χ2n) is 6.13. The van der Waals surface area contributed by atoms with Crippen molar-refractivity contribution in [3.63, 3.8) is 0 Å². The molecule has 2 aromatic heterocycles. The number of furan rings is 1. The molecule has 136 valence electrons. The summed E-state index contributed by atoms with van der Waals surface area (Å²) in [6, 6.07) is 5.74. The van der Waals surface area contributed by atoms with Crippen LogP contribution in [0, 0.1) is 27.7 Å². The van der Waals surface area contributed by atoms with E-state index < -0.39 is 0 Å². The summed E-state index contributed by atoms with van der Waals surface area (Å²) in [6.45, 7) is 8.80. The lowest BCUT2D eigenvalue weighted by Gasteiger charge is -2.13. The van der Waals surface area contributed by atoms with E-state index >= 15 is 0 Å². The summed E-state index contributed by atoms with van der Waals surface area (Å²) >= 11 is 2.86. The summed E-state index contributed by atoms with van der Waals surface area (Å²) in [5, 5.41) is 12.1. The molecule has 1 N–H and O–H groups in total. The number of aryl methyl sites for hydroxylation is 1. The Morgan fingerprint density at radius 2 is 2.00 bits per heavy atom. The van der Waals surface area contributed by atoms with Crippen LogP contribution in [0.2, 0.25) is 0 Å². The maximum atomic E-state index is 12.7. The molecule has 0 aliphatic heterocycles. The molecule has 0 radical (unpaired) electrons. The van der Waals surface area contributed by atoms with Crippen LogP contribution < -0.4 is 5.32 Å². The Bertz CT molecular complexity index is 917. The molecule has 0 spiro atoms. The monoisotopic (exact) mass is 387 g/mol. The minimum Gasteiger partial charge on any atom is -0.467 e. The van der Waals surface area contributed by atoms with Crippen molar-refractivity contribution >= 4 is 34.0 Å². The summed E-state index contributed by atoms with van der Waals surface area (Å²) in [6.07, 6.45) is 1.64. The molecule has 0 bridgehead atoms. The minimum atomic E-state index is 0.124. The third-order valence-corrected chi connectivity index (χ3v) is 6.52. The number of carbonyl (C=O) groups excluding carboxylic acids is 1. The molecular weight excluding hydrogens is 366 g/mol. The first-order chi connectivity index (χ1) is 12.5. The van der Waals surface area contributed by atoms with Crippen molar-refractivity contribution in [3.05, 3.63) is 58.0 Å². The number of thioether (sulfide) groups is 1. The zero-order valence-electron chi connectivity index (χ0n) is 15.3. The van der Waals surface area contributed by atoms with E-state index in [1.54, 1.807) is 6.26 Å². The van der Waals surface area contributed by atoms with Crippen LogP contribution in [0.15, 0.2) is 33.2 Å². The van der Waals surface area contributed by atoms with Gasteiger partial charge in [0, 0.05) is 5.56 Å². The number of hydrogen-bond acceptors (Lipinski definition) is 7. The highest BCUT2D eigenvalue weighted by Gasteiger charge is 2.15. The molecule has 0 saturated carbocycles. The number of anilines is 1. The Balaban J connectivity index is 1.60. The Hall–Kier alpha value is -2.12. The summed E-state index contributed by atoms with van der Waals surface area (Å²) in [5.41, 5.74) is 5.47. The first-order valence-electron chi connectivity index (χ1n) is 8.29. The van der Waals surface area contributed by atoms with Crippen LogP contribution in [0.5, 0.6) is 0 Å². The van der Waals surface area contributed by atoms with Crippen molar-refractivity contribution in [1.29, 1.82) is 0 Å². The molecule has 0 aliphatic carbocycles. The number of aromatic nitrogens is 2. The van der Waals surface area contributed by atoms with E-state index in [-0.39, 0.29) is 5.78 Å². The van der Waals surface area contributed by atoms with Gasteiger partial charge in [-0.05, 0) is 68.1 Å². The van der Waals surface area contributed by atoms with Gasteiger partial charge in [0.2, 0.25) is 5.13 Å². The van der Waals surface area contributed by atoms with E-state index in [0.29, 0.717) is 12.3 Å². The largest absolute Gasteiger partial charge is 0.467 e. The maximum Gasteiger partial charge on any atom is 0.206 e. The van der Waals surface area contributed by atoms with E-state index in [1.165, 1.54) is 34.2 Å². The number of ketones is 1. The van der Waals surface area contributed by atoms with E-state index in [4.69, 9.17) is 4.42 Å². The van der Waals surface area contributed by atoms with Gasteiger partial charge in [-0.25, -0.2) is 0 Å². The Kier molecular flexibility index (Phi) is 5.78. The molecule has 0 amide bonds. The van der Waals surface area contributed by atoms with Gasteiger partial charge >= 0.3 is 0 Å². The van der Waals surface area contributed by atoms with Gasteiger partial charge in [-0.3, -0.25) is 4.79 Å². The third kappa shape index (κ3) is 4.16. The fraction of sp³-hybridized carbons (Fsp3) is 0.316. The molecular formula is C19H21N3O2S2. The first-order valence-corrected chi connectivity index (χ1v) is 10.1. The molecule has 0 saturated heterocycles. The van der Waals surface area contributed by atoms with Gasteiger partial charge in [-0.2, -0.15) is 0 Å². The van der Waals surface area contributed by atoms with Crippen LogP contribution in [0.3, 0.4) is 0 Å². The molecule has 3 rings (SSSR count). The van der Waals surface area contributed by atoms with Gasteiger partial charge < -0.3 is 9.73 Å². The zero-order chi connectivity index (χ0) is 18.7. The average Bonchev–Trinajstić information content (AvgIpc) is 3.30. The van der Waals surface area contributed by atoms with Crippen LogP contribution in [-0.4, -0.2) is 21.7 Å². The van der Waals surface area contributed by atoms with Crippen LogP contribution >= 0.6 is 23.1 Å². The lowest BCUT2D eigenvalue weighted by atomic mass is 9.93. The molecule has 2 heterocycles. The first kappa shape index (κ1) is 18.7. The molecule has 0 atom stereocenters. The smallest absolute Gasteiger partial charge is 0.206 e. The number of hydrogen-bond donors (Lipinski definition) is 1. The molecule has 26 heavy (non-hydrogen) atoms. The quantitative estimate of drug-likeness (QED) is 0.457. The number of nitrogens with zero attached hydrogens (tertiary/aromatic N) is 2. The topological polar surface area (TPSA) is 68.0 Å². The predicted octanol–water partition coefficient (Wildman–Crippen LogP) is 4.95. The molecule has 3 aromatic rings. The second kappa shape index (κ2) is 8.05. The highest BCUT2D eigenvalue weighted by Crippen LogP contribution is 2.28. The average molecular weight is 388 g/mol.